The van der Waals surface area contributed by atoms with Gasteiger partial charge in [-0.2, -0.15) is 13.8 Å². The van der Waals surface area contributed by atoms with Gasteiger partial charge in [0.25, 0.3) is 11.8 Å². The Morgan fingerprint density at radius 1 is 1.44 bits per heavy atom. The number of fused-ring (bicyclic) bond motifs is 2. The molecule has 39 heavy (non-hydrogen) atoms. The molecule has 15 nitrogen and oxygen atoms in total. The van der Waals surface area contributed by atoms with E-state index >= 15 is 0 Å². The van der Waals surface area contributed by atoms with Crippen molar-refractivity contribution in [2.75, 3.05) is 44.0 Å². The minimum Gasteiger partial charge on any atom is -0.543 e. The number of anilines is 1. The zero-order chi connectivity index (χ0) is 27.7. The largest absolute Gasteiger partial charge is 0.543 e. The molecule has 1 saturated heterocycles. The molecule has 5 rings (SSSR count). The molecule has 0 unspecified atom stereocenters. The number of nitrogens with two attached hydrogens (primary N) is 2. The van der Waals surface area contributed by atoms with E-state index in [0.717, 1.165) is 23.1 Å². The number of carboxylic acids is 1. The van der Waals surface area contributed by atoms with Gasteiger partial charge in [-0.1, -0.05) is 5.16 Å². The van der Waals surface area contributed by atoms with Crippen molar-refractivity contribution >= 4 is 70.1 Å². The number of hydrogen-bond acceptors (Lipinski definition) is 15. The lowest BCUT2D eigenvalue weighted by atomic mass is 10.0. The van der Waals surface area contributed by atoms with E-state index in [9.17, 15) is 19.5 Å². The third-order valence-electron chi connectivity index (χ3n) is 6.01. The van der Waals surface area contributed by atoms with E-state index in [1.807, 2.05) is 38.6 Å². The number of nitrogen functional groups attached to an aromatic ring is 1. The summed E-state index contributed by atoms with van der Waals surface area (Å²) >= 11 is 3.80. The molecule has 0 bridgehead atoms. The van der Waals surface area contributed by atoms with E-state index in [0.29, 0.717) is 24.4 Å². The van der Waals surface area contributed by atoms with Gasteiger partial charge in [-0.3, -0.25) is 14.5 Å². The number of amides is 2. The fourth-order valence-corrected chi connectivity index (χ4v) is 6.89. The molecule has 206 valence electrons. The van der Waals surface area contributed by atoms with Crippen molar-refractivity contribution < 1.29 is 28.9 Å². The van der Waals surface area contributed by atoms with Gasteiger partial charge in [0.15, 0.2) is 11.7 Å². The van der Waals surface area contributed by atoms with E-state index < -0.39 is 29.2 Å². The molecule has 0 spiro atoms. The topological polar surface area (TPSA) is 198 Å². The first-order valence-electron chi connectivity index (χ1n) is 11.6. The molecule has 0 aliphatic carbocycles. The van der Waals surface area contributed by atoms with Gasteiger partial charge >= 0.3 is 5.82 Å². The normalized spacial score (nSPS) is 22.3. The summed E-state index contributed by atoms with van der Waals surface area (Å²) in [4.78, 5) is 48.1. The lowest BCUT2D eigenvalue weighted by Crippen LogP contribution is -2.71. The summed E-state index contributed by atoms with van der Waals surface area (Å²) in [6.07, 6.45) is 7.74. The van der Waals surface area contributed by atoms with E-state index in [2.05, 4.69) is 19.8 Å². The highest BCUT2D eigenvalue weighted by atomic mass is 32.2. The third-order valence-corrected chi connectivity index (χ3v) is 8.90. The number of rotatable bonds is 10. The maximum Gasteiger partial charge on any atom is 0.301 e. The first-order chi connectivity index (χ1) is 18.8. The fourth-order valence-electron chi connectivity index (χ4n) is 4.38. The third kappa shape index (κ3) is 5.07. The standard InChI is InChI=1S/C21H24N10O5S3/c1-36-26-13(16-25-21(23)39-27-16)17(32)24-14-18(33)31-15(20(34)35)11(10-37-19(14)31)9-28-6-7-29-12(28)3-2-5-30(29)38-8-4-22/h2-3,5-6,14,19H,4,7-10,22H2,1H3,(H3-,23,24,25,27,32,34,35)/b26-13-/t14-,19-/m1/s1. The summed E-state index contributed by atoms with van der Waals surface area (Å²) in [5, 5.41) is 20.0. The number of carboxylic acid groups (broad SMARTS) is 1. The molecule has 0 aromatic carbocycles. The smallest absolute Gasteiger partial charge is 0.301 e. The Hall–Kier alpha value is -3.61. The van der Waals surface area contributed by atoms with Gasteiger partial charge in [0.1, 0.15) is 31.3 Å². The van der Waals surface area contributed by atoms with Crippen LogP contribution in [0.2, 0.25) is 0 Å². The van der Waals surface area contributed by atoms with Crippen LogP contribution in [0.15, 0.2) is 40.6 Å². The van der Waals surface area contributed by atoms with Crippen molar-refractivity contribution in [2.45, 2.75) is 11.4 Å². The lowest BCUT2D eigenvalue weighted by Gasteiger charge is -2.50. The lowest BCUT2D eigenvalue weighted by molar-refractivity contribution is -0.475. The highest BCUT2D eigenvalue weighted by Gasteiger charge is 2.53. The number of allylic oxidation sites excluding steroid dienone is 2. The predicted molar refractivity (Wildman–Crippen MR) is 143 cm³/mol. The second-order valence-corrected chi connectivity index (χ2v) is 11.3. The van der Waals surface area contributed by atoms with Gasteiger partial charge in [-0.25, -0.2) is 4.58 Å². The molecular formula is C21H24N10O5S3. The Labute approximate surface area is 235 Å². The number of hydrazine groups is 1. The molecule has 4 aliphatic rings. The van der Waals surface area contributed by atoms with Crippen LogP contribution in [0.5, 0.6) is 0 Å². The zero-order valence-corrected chi connectivity index (χ0v) is 23.0. The van der Waals surface area contributed by atoms with Gasteiger partial charge in [-0.05, 0) is 18.0 Å². The van der Waals surface area contributed by atoms with Crippen LogP contribution in [0.1, 0.15) is 5.82 Å². The number of aliphatic carboxylic acids is 1. The van der Waals surface area contributed by atoms with Crippen LogP contribution in [0.4, 0.5) is 5.13 Å². The van der Waals surface area contributed by atoms with Crippen LogP contribution in [-0.4, -0.2) is 108 Å². The molecule has 1 fully saturated rings. The molecule has 0 saturated carbocycles. The Morgan fingerprint density at radius 3 is 2.95 bits per heavy atom. The summed E-state index contributed by atoms with van der Waals surface area (Å²) in [5.41, 5.74) is 11.3. The van der Waals surface area contributed by atoms with Crippen molar-refractivity contribution in [1.29, 1.82) is 0 Å². The Balaban J connectivity index is 1.31. The van der Waals surface area contributed by atoms with Gasteiger partial charge in [0.05, 0.1) is 17.9 Å². The molecule has 2 amide bonds. The Bertz CT molecular complexity index is 1360. The molecule has 2 atom stereocenters. The number of thioether (sulfide) groups is 1. The quantitative estimate of drug-likeness (QED) is 0.0845. The average molecular weight is 593 g/mol. The first kappa shape index (κ1) is 27.0. The molecule has 1 aromatic heterocycles. The number of oxime groups is 1. The number of nitrogens with one attached hydrogen (secondary N) is 1. The number of nitrogens with zero attached hydrogens (tertiary/aromatic N) is 7. The maximum atomic E-state index is 13.1. The van der Waals surface area contributed by atoms with Crippen molar-refractivity contribution in [3.05, 3.63) is 41.3 Å². The highest BCUT2D eigenvalue weighted by Crippen LogP contribution is 2.40. The van der Waals surface area contributed by atoms with E-state index in [4.69, 9.17) is 16.3 Å². The van der Waals surface area contributed by atoms with Crippen LogP contribution in [0.25, 0.3) is 0 Å². The molecule has 4 aliphatic heterocycles. The van der Waals surface area contributed by atoms with Crippen LogP contribution in [-0.2, 0) is 19.2 Å². The van der Waals surface area contributed by atoms with Gasteiger partial charge in [0.2, 0.25) is 11.5 Å². The Kier molecular flexibility index (Phi) is 7.78. The van der Waals surface area contributed by atoms with Gasteiger partial charge in [0, 0.05) is 41.2 Å². The summed E-state index contributed by atoms with van der Waals surface area (Å²) in [5.74, 6) is -0.876. The van der Waals surface area contributed by atoms with Gasteiger partial charge in [-0.15, -0.1) is 16.8 Å². The Morgan fingerprint density at radius 2 is 2.26 bits per heavy atom. The molecular weight excluding hydrogens is 568 g/mol. The highest BCUT2D eigenvalue weighted by molar-refractivity contribution is 8.00. The zero-order valence-electron chi connectivity index (χ0n) is 20.6. The van der Waals surface area contributed by atoms with E-state index in [-0.39, 0.29) is 28.9 Å². The number of hydrogen-bond donors (Lipinski definition) is 3. The molecule has 5 heterocycles. The van der Waals surface area contributed by atoms with Crippen LogP contribution in [0, 0.1) is 0 Å². The first-order valence-corrected chi connectivity index (χ1v) is 14.4. The summed E-state index contributed by atoms with van der Waals surface area (Å²) < 4.78 is 7.89. The van der Waals surface area contributed by atoms with Crippen LogP contribution in [0.3, 0.4) is 0 Å². The molecule has 0 radical (unpaired) electrons. The number of carbonyl (C=O) groups excluding carboxylic acids is 3. The van der Waals surface area contributed by atoms with Crippen LogP contribution < -0.4 is 21.9 Å². The summed E-state index contributed by atoms with van der Waals surface area (Å²) in [6.45, 7) is 1.40. The van der Waals surface area contributed by atoms with E-state index in [1.165, 1.54) is 23.8 Å². The molecule has 1 aromatic rings. The number of carbonyl (C=O) groups is 3. The van der Waals surface area contributed by atoms with Gasteiger partial charge < -0.3 is 31.5 Å². The fraction of sp³-hybridized carbons (Fsp3) is 0.381. The number of β-lactam (4-membered cyclic amide) rings is 1. The minimum atomic E-state index is -1.45. The van der Waals surface area contributed by atoms with Crippen molar-refractivity contribution in [2.24, 2.45) is 10.9 Å². The SMILES string of the molecule is CO/N=C(\C(=O)N[C@@H]1C(=O)N2C(C(=O)[O-])=C(C[N+]3=CCN4C3=CC=CN4SCCN)CS[C@H]12)c1nsc(N)n1. The van der Waals surface area contributed by atoms with E-state index in [1.54, 1.807) is 11.9 Å². The molecule has 18 heteroatoms. The predicted octanol–water partition coefficient (Wildman–Crippen LogP) is -2.53. The van der Waals surface area contributed by atoms with Crippen molar-refractivity contribution in [1.82, 2.24) is 29.0 Å². The van der Waals surface area contributed by atoms with Crippen molar-refractivity contribution in [3.8, 4) is 0 Å². The summed E-state index contributed by atoms with van der Waals surface area (Å²) in [7, 11) is 1.25. The monoisotopic (exact) mass is 592 g/mol. The molecule has 5 N–H and O–H groups in total. The second kappa shape index (κ2) is 11.2. The van der Waals surface area contributed by atoms with Crippen LogP contribution >= 0.6 is 35.2 Å². The second-order valence-electron chi connectivity index (χ2n) is 8.36. The maximum absolute atomic E-state index is 13.1. The summed E-state index contributed by atoms with van der Waals surface area (Å²) in [6, 6.07) is -0.982. The number of aromatic nitrogens is 2. The minimum absolute atomic E-state index is 0.0443. The van der Waals surface area contributed by atoms with Crippen molar-refractivity contribution in [3.63, 3.8) is 0 Å². The average Bonchev–Trinajstić information content (AvgIpc) is 3.54.